The summed E-state index contributed by atoms with van der Waals surface area (Å²) >= 11 is 0. The topological polar surface area (TPSA) is 96.9 Å². The molecular formula is C11H21N3O3. The molecule has 3 unspecified atom stereocenters. The number of ether oxygens (including phenoxy) is 1. The Balaban J connectivity index is 2.39. The van der Waals surface area contributed by atoms with Crippen LogP contribution in [0.25, 0.3) is 0 Å². The van der Waals surface area contributed by atoms with Gasteiger partial charge in [-0.2, -0.15) is 0 Å². The third kappa shape index (κ3) is 3.59. The molecule has 0 aromatic carbocycles. The van der Waals surface area contributed by atoms with Crippen LogP contribution >= 0.6 is 0 Å². The highest BCUT2D eigenvalue weighted by atomic mass is 16.5. The van der Waals surface area contributed by atoms with Crippen LogP contribution in [-0.2, 0) is 9.53 Å². The lowest BCUT2D eigenvalue weighted by molar-refractivity contribution is -0.126. The minimum absolute atomic E-state index is 0.00746. The van der Waals surface area contributed by atoms with Gasteiger partial charge >= 0.3 is 0 Å². The normalized spacial score (nSPS) is 26.8. The van der Waals surface area contributed by atoms with Crippen LogP contribution in [0.5, 0.6) is 0 Å². The van der Waals surface area contributed by atoms with E-state index in [4.69, 9.17) is 15.7 Å². The third-order valence-electron chi connectivity index (χ3n) is 3.15. The van der Waals surface area contributed by atoms with E-state index in [0.717, 1.165) is 12.8 Å². The molecule has 98 valence electrons. The smallest absolute Gasteiger partial charge is 0.225 e. The number of carbonyl (C=O) groups excluding carboxylic acids is 1. The highest BCUT2D eigenvalue weighted by Gasteiger charge is 2.32. The Bertz CT molecular complexity index is 294. The molecule has 0 bridgehead atoms. The average Bonchev–Trinajstić information content (AvgIpc) is 2.82. The Labute approximate surface area is 101 Å². The van der Waals surface area contributed by atoms with E-state index in [2.05, 4.69) is 10.5 Å². The van der Waals surface area contributed by atoms with Crippen LogP contribution in [0.1, 0.15) is 26.7 Å². The van der Waals surface area contributed by atoms with Crippen LogP contribution in [0.3, 0.4) is 0 Å². The molecule has 1 aliphatic heterocycles. The summed E-state index contributed by atoms with van der Waals surface area (Å²) in [4.78, 5) is 11.9. The summed E-state index contributed by atoms with van der Waals surface area (Å²) in [6, 6.07) is 0. The van der Waals surface area contributed by atoms with Gasteiger partial charge in [-0.05, 0) is 12.8 Å². The van der Waals surface area contributed by atoms with Crippen molar-refractivity contribution in [3.8, 4) is 0 Å². The zero-order valence-corrected chi connectivity index (χ0v) is 10.3. The van der Waals surface area contributed by atoms with Gasteiger partial charge in [-0.1, -0.05) is 19.0 Å². The first-order valence-corrected chi connectivity index (χ1v) is 5.96. The molecule has 4 N–H and O–H groups in total. The number of hydrogen-bond acceptors (Lipinski definition) is 4. The lowest BCUT2D eigenvalue weighted by atomic mass is 9.98. The summed E-state index contributed by atoms with van der Waals surface area (Å²) in [5, 5.41) is 14.2. The van der Waals surface area contributed by atoms with Crippen molar-refractivity contribution >= 4 is 11.7 Å². The fraction of sp³-hybridized carbons (Fsp3) is 0.818. The van der Waals surface area contributed by atoms with E-state index in [0.29, 0.717) is 13.2 Å². The molecule has 0 aliphatic carbocycles. The molecule has 0 spiro atoms. The van der Waals surface area contributed by atoms with Crippen LogP contribution in [0.4, 0.5) is 0 Å². The van der Waals surface area contributed by atoms with Gasteiger partial charge in [-0.3, -0.25) is 4.79 Å². The molecular weight excluding hydrogens is 222 g/mol. The maximum absolute atomic E-state index is 11.9. The highest BCUT2D eigenvalue weighted by molar-refractivity contribution is 5.84. The molecule has 0 radical (unpaired) electrons. The van der Waals surface area contributed by atoms with Gasteiger partial charge in [0.15, 0.2) is 0 Å². The van der Waals surface area contributed by atoms with Gasteiger partial charge in [-0.25, -0.2) is 0 Å². The largest absolute Gasteiger partial charge is 0.409 e. The molecule has 6 nitrogen and oxygen atoms in total. The molecule has 1 aliphatic rings. The first-order valence-electron chi connectivity index (χ1n) is 5.96. The van der Waals surface area contributed by atoms with Gasteiger partial charge in [-0.15, -0.1) is 0 Å². The van der Waals surface area contributed by atoms with Crippen molar-refractivity contribution in [2.75, 3.05) is 13.2 Å². The Morgan fingerprint density at radius 3 is 3.00 bits per heavy atom. The zero-order valence-electron chi connectivity index (χ0n) is 10.3. The Hall–Kier alpha value is -1.30. The van der Waals surface area contributed by atoms with Gasteiger partial charge in [0.1, 0.15) is 5.84 Å². The summed E-state index contributed by atoms with van der Waals surface area (Å²) in [5.41, 5.74) is 5.43. The van der Waals surface area contributed by atoms with E-state index in [1.807, 2.05) is 6.92 Å². The standard InChI is InChI=1S/C11H21N3O3/c1-3-9-8(4-5-17-9)11(15)13-6-7(2)10(12)14-16/h7-9,16H,3-6H2,1-2H3,(H2,12,14)(H,13,15). The predicted molar refractivity (Wildman–Crippen MR) is 63.7 cm³/mol. The summed E-state index contributed by atoms with van der Waals surface area (Å²) in [5.74, 6) is -0.127. The van der Waals surface area contributed by atoms with Gasteiger partial charge in [0.25, 0.3) is 0 Å². The fourth-order valence-corrected chi connectivity index (χ4v) is 1.94. The lowest BCUT2D eigenvalue weighted by Gasteiger charge is -2.18. The first kappa shape index (κ1) is 13.8. The highest BCUT2D eigenvalue weighted by Crippen LogP contribution is 2.23. The number of rotatable bonds is 5. The van der Waals surface area contributed by atoms with Crippen molar-refractivity contribution in [3.05, 3.63) is 0 Å². The molecule has 1 saturated heterocycles. The average molecular weight is 243 g/mol. The molecule has 1 rings (SSSR count). The molecule has 6 heteroatoms. The van der Waals surface area contributed by atoms with Crippen LogP contribution in [-0.4, -0.2) is 36.2 Å². The molecule has 0 saturated carbocycles. The molecule has 1 amide bonds. The quantitative estimate of drug-likeness (QED) is 0.280. The van der Waals surface area contributed by atoms with Crippen molar-refractivity contribution in [1.82, 2.24) is 5.32 Å². The number of nitrogens with zero attached hydrogens (tertiary/aromatic N) is 1. The Morgan fingerprint density at radius 2 is 2.41 bits per heavy atom. The van der Waals surface area contributed by atoms with E-state index < -0.39 is 0 Å². The predicted octanol–water partition coefficient (Wildman–Crippen LogP) is 0.300. The lowest BCUT2D eigenvalue weighted by Crippen LogP contribution is -2.40. The van der Waals surface area contributed by atoms with E-state index >= 15 is 0 Å². The number of nitrogens with one attached hydrogen (secondary N) is 1. The number of hydrogen-bond donors (Lipinski definition) is 3. The summed E-state index contributed by atoms with van der Waals surface area (Å²) in [6.45, 7) is 4.82. The number of carbonyl (C=O) groups is 1. The number of amidine groups is 1. The van der Waals surface area contributed by atoms with E-state index in [9.17, 15) is 4.79 Å². The molecule has 17 heavy (non-hydrogen) atoms. The first-order chi connectivity index (χ1) is 8.10. The minimum Gasteiger partial charge on any atom is -0.409 e. The van der Waals surface area contributed by atoms with E-state index in [1.54, 1.807) is 6.92 Å². The van der Waals surface area contributed by atoms with Gasteiger partial charge in [0, 0.05) is 19.1 Å². The third-order valence-corrected chi connectivity index (χ3v) is 3.15. The molecule has 1 fully saturated rings. The number of amides is 1. The van der Waals surface area contributed by atoms with Crippen LogP contribution in [0.15, 0.2) is 5.16 Å². The maximum Gasteiger partial charge on any atom is 0.225 e. The molecule has 3 atom stereocenters. The molecule has 1 heterocycles. The van der Waals surface area contributed by atoms with Gasteiger partial charge in [0.2, 0.25) is 5.91 Å². The van der Waals surface area contributed by atoms with Crippen LogP contribution in [0.2, 0.25) is 0 Å². The summed E-state index contributed by atoms with van der Waals surface area (Å²) < 4.78 is 5.46. The number of nitrogens with two attached hydrogens (primary N) is 1. The minimum atomic E-state index is -0.175. The molecule has 0 aromatic rings. The SMILES string of the molecule is CCC1OCCC1C(=O)NCC(C)C(N)=NO. The van der Waals surface area contributed by atoms with Crippen molar-refractivity contribution in [3.63, 3.8) is 0 Å². The Kier molecular flexibility index (Phi) is 5.21. The summed E-state index contributed by atoms with van der Waals surface area (Å²) in [7, 11) is 0. The van der Waals surface area contributed by atoms with Crippen molar-refractivity contribution in [2.24, 2.45) is 22.7 Å². The van der Waals surface area contributed by atoms with Crippen LogP contribution < -0.4 is 11.1 Å². The van der Waals surface area contributed by atoms with Crippen LogP contribution in [0, 0.1) is 11.8 Å². The molecule has 0 aromatic heterocycles. The second-order valence-electron chi connectivity index (χ2n) is 4.38. The van der Waals surface area contributed by atoms with E-state index in [-0.39, 0.29) is 29.7 Å². The van der Waals surface area contributed by atoms with E-state index in [1.165, 1.54) is 0 Å². The van der Waals surface area contributed by atoms with Crippen molar-refractivity contribution in [1.29, 1.82) is 0 Å². The Morgan fingerprint density at radius 1 is 1.71 bits per heavy atom. The van der Waals surface area contributed by atoms with Gasteiger partial charge < -0.3 is 21.0 Å². The monoisotopic (exact) mass is 243 g/mol. The van der Waals surface area contributed by atoms with Crippen molar-refractivity contribution < 1.29 is 14.7 Å². The zero-order chi connectivity index (χ0) is 12.8. The van der Waals surface area contributed by atoms with Crippen molar-refractivity contribution in [2.45, 2.75) is 32.8 Å². The fourth-order valence-electron chi connectivity index (χ4n) is 1.94. The van der Waals surface area contributed by atoms with Gasteiger partial charge in [0.05, 0.1) is 12.0 Å². The number of oxime groups is 1. The second-order valence-corrected chi connectivity index (χ2v) is 4.38. The second kappa shape index (κ2) is 6.44. The maximum atomic E-state index is 11.9. The summed E-state index contributed by atoms with van der Waals surface area (Å²) in [6.07, 6.45) is 1.63.